The van der Waals surface area contributed by atoms with E-state index >= 15 is 0 Å². The van der Waals surface area contributed by atoms with Gasteiger partial charge in [0.2, 0.25) is 10.0 Å². The molecule has 9 heteroatoms. The van der Waals surface area contributed by atoms with Crippen molar-refractivity contribution in [2.45, 2.75) is 11.0 Å². The quantitative estimate of drug-likeness (QED) is 0.867. The van der Waals surface area contributed by atoms with Crippen LogP contribution in [0.25, 0.3) is 0 Å². The number of aromatic carboxylic acids is 1. The minimum absolute atomic E-state index is 0.00910. The Morgan fingerprint density at radius 2 is 2.24 bits per heavy atom. The Morgan fingerprint density at radius 3 is 2.86 bits per heavy atom. The first-order chi connectivity index (χ1) is 9.86. The second kappa shape index (κ2) is 5.77. The van der Waals surface area contributed by atoms with Crippen molar-refractivity contribution in [3.8, 4) is 6.07 Å². The van der Waals surface area contributed by atoms with E-state index in [2.05, 4.69) is 0 Å². The summed E-state index contributed by atoms with van der Waals surface area (Å²) in [4.78, 5) is 10.5. The molecule has 0 bridgehead atoms. The molecule has 1 aromatic rings. The lowest BCUT2D eigenvalue weighted by atomic mass is 10.2. The van der Waals surface area contributed by atoms with Gasteiger partial charge in [-0.25, -0.2) is 17.6 Å². The predicted octanol–water partition coefficient (Wildman–Crippen LogP) is 0.437. The van der Waals surface area contributed by atoms with Crippen LogP contribution in [0.2, 0.25) is 0 Å². The molecule has 0 aromatic heterocycles. The molecule has 1 aromatic carbocycles. The van der Waals surface area contributed by atoms with Crippen LogP contribution in [0, 0.1) is 17.1 Å². The lowest BCUT2D eigenvalue weighted by Gasteiger charge is -2.29. The van der Waals surface area contributed by atoms with Crippen LogP contribution in [-0.2, 0) is 14.8 Å². The largest absolute Gasteiger partial charge is 0.478 e. The van der Waals surface area contributed by atoms with Crippen LogP contribution < -0.4 is 0 Å². The molecule has 1 atom stereocenters. The smallest absolute Gasteiger partial charge is 0.337 e. The van der Waals surface area contributed by atoms with Crippen LogP contribution in [0.3, 0.4) is 0 Å². The van der Waals surface area contributed by atoms with Crippen LogP contribution in [0.5, 0.6) is 0 Å². The van der Waals surface area contributed by atoms with Gasteiger partial charge < -0.3 is 9.84 Å². The average Bonchev–Trinajstić information content (AvgIpc) is 2.46. The van der Waals surface area contributed by atoms with Crippen molar-refractivity contribution < 1.29 is 27.4 Å². The van der Waals surface area contributed by atoms with Crippen molar-refractivity contribution >= 4 is 16.0 Å². The summed E-state index contributed by atoms with van der Waals surface area (Å²) in [6.07, 6.45) is -0.935. The number of hydrogen-bond donors (Lipinski definition) is 1. The summed E-state index contributed by atoms with van der Waals surface area (Å²) in [6.45, 7) is -0.250. The summed E-state index contributed by atoms with van der Waals surface area (Å²) < 4.78 is 44.2. The fraction of sp³-hybridized carbons (Fsp3) is 0.333. The Hall–Kier alpha value is -2.02. The summed E-state index contributed by atoms with van der Waals surface area (Å²) in [6, 6.07) is 4.22. The second-order valence-corrected chi connectivity index (χ2v) is 6.20. The molecule has 0 amide bonds. The van der Waals surface area contributed by atoms with Gasteiger partial charge in [0, 0.05) is 6.54 Å². The Bertz CT molecular complexity index is 713. The highest BCUT2D eigenvalue weighted by atomic mass is 32.2. The number of carbonyl (C=O) groups is 1. The molecular weight excluding hydrogens is 303 g/mol. The molecule has 21 heavy (non-hydrogen) atoms. The Kier molecular flexibility index (Phi) is 4.22. The van der Waals surface area contributed by atoms with Crippen molar-refractivity contribution in [2.75, 3.05) is 19.7 Å². The highest BCUT2D eigenvalue weighted by Gasteiger charge is 2.33. The van der Waals surface area contributed by atoms with Gasteiger partial charge in [-0.2, -0.15) is 9.57 Å². The molecule has 1 fully saturated rings. The van der Waals surface area contributed by atoms with Crippen molar-refractivity contribution in [2.24, 2.45) is 0 Å². The van der Waals surface area contributed by atoms with E-state index in [9.17, 15) is 17.6 Å². The van der Waals surface area contributed by atoms with E-state index in [0.29, 0.717) is 6.07 Å². The normalized spacial score (nSPS) is 19.9. The fourth-order valence-corrected chi connectivity index (χ4v) is 3.57. The molecule has 0 radical (unpaired) electrons. The zero-order valence-corrected chi connectivity index (χ0v) is 11.5. The highest BCUT2D eigenvalue weighted by molar-refractivity contribution is 7.89. The Labute approximate surface area is 120 Å². The van der Waals surface area contributed by atoms with Gasteiger partial charge >= 0.3 is 5.97 Å². The van der Waals surface area contributed by atoms with Gasteiger partial charge in [-0.15, -0.1) is 0 Å². The van der Waals surface area contributed by atoms with Gasteiger partial charge in [0.25, 0.3) is 0 Å². The van der Waals surface area contributed by atoms with Gasteiger partial charge in [-0.05, 0) is 18.2 Å². The monoisotopic (exact) mass is 314 g/mol. The van der Waals surface area contributed by atoms with E-state index in [-0.39, 0.29) is 19.7 Å². The highest BCUT2D eigenvalue weighted by Crippen LogP contribution is 2.23. The van der Waals surface area contributed by atoms with Crippen LogP contribution in [0.4, 0.5) is 4.39 Å². The van der Waals surface area contributed by atoms with Gasteiger partial charge in [-0.1, -0.05) is 0 Å². The third kappa shape index (κ3) is 3.02. The van der Waals surface area contributed by atoms with Gasteiger partial charge in [0.1, 0.15) is 5.82 Å². The predicted molar refractivity (Wildman–Crippen MR) is 67.5 cm³/mol. The molecule has 1 saturated heterocycles. The molecule has 1 unspecified atom stereocenters. The zero-order valence-electron chi connectivity index (χ0n) is 10.7. The average molecular weight is 314 g/mol. The molecule has 2 rings (SSSR count). The Morgan fingerprint density at radius 1 is 1.52 bits per heavy atom. The maximum Gasteiger partial charge on any atom is 0.337 e. The summed E-state index contributed by atoms with van der Waals surface area (Å²) in [7, 11) is -4.22. The van der Waals surface area contributed by atoms with Gasteiger partial charge in [-0.3, -0.25) is 0 Å². The number of ether oxygens (including phenoxy) is 1. The number of carboxylic acids is 1. The number of rotatable bonds is 3. The number of halogens is 1. The summed E-state index contributed by atoms with van der Waals surface area (Å²) in [5.41, 5.74) is -0.517. The first kappa shape index (κ1) is 15.4. The summed E-state index contributed by atoms with van der Waals surface area (Å²) in [5, 5.41) is 17.8. The molecule has 1 aliphatic heterocycles. The van der Waals surface area contributed by atoms with Crippen molar-refractivity contribution in [1.82, 2.24) is 4.31 Å². The molecule has 0 saturated carbocycles. The first-order valence-electron chi connectivity index (χ1n) is 5.90. The third-order valence-corrected chi connectivity index (χ3v) is 4.87. The van der Waals surface area contributed by atoms with E-state index in [1.807, 2.05) is 0 Å². The number of hydrogen-bond acceptors (Lipinski definition) is 5. The SMILES string of the molecule is N#CC1CN(S(=O)(=O)c2cc(F)ccc2C(=O)O)CCO1. The minimum atomic E-state index is -4.22. The van der Waals surface area contributed by atoms with Crippen LogP contribution in [0.15, 0.2) is 23.1 Å². The molecule has 112 valence electrons. The number of nitrogens with zero attached hydrogens (tertiary/aromatic N) is 2. The first-order valence-corrected chi connectivity index (χ1v) is 7.34. The van der Waals surface area contributed by atoms with E-state index in [4.69, 9.17) is 15.1 Å². The summed E-state index contributed by atoms with van der Waals surface area (Å²) in [5.74, 6) is -2.33. The topological polar surface area (TPSA) is 108 Å². The van der Waals surface area contributed by atoms with Crippen LogP contribution in [-0.4, -0.2) is 49.6 Å². The maximum absolute atomic E-state index is 13.3. The summed E-state index contributed by atoms with van der Waals surface area (Å²) >= 11 is 0. The molecule has 7 nitrogen and oxygen atoms in total. The van der Waals surface area contributed by atoms with Crippen LogP contribution >= 0.6 is 0 Å². The van der Waals surface area contributed by atoms with E-state index in [0.717, 1.165) is 16.4 Å². The second-order valence-electron chi connectivity index (χ2n) is 4.30. The van der Waals surface area contributed by atoms with Crippen molar-refractivity contribution in [3.63, 3.8) is 0 Å². The minimum Gasteiger partial charge on any atom is -0.478 e. The standard InChI is InChI=1S/C12H11FN2O5S/c13-8-1-2-10(12(16)17)11(5-8)21(18,19)15-3-4-20-9(6-14)7-15/h1-2,5,9H,3-4,7H2,(H,16,17). The zero-order chi connectivity index (χ0) is 15.6. The molecular formula is C12H11FN2O5S. The molecule has 0 aliphatic carbocycles. The number of sulfonamides is 1. The lowest BCUT2D eigenvalue weighted by molar-refractivity contribution is 0.0311. The Balaban J connectivity index is 2.47. The maximum atomic E-state index is 13.3. The van der Waals surface area contributed by atoms with Gasteiger partial charge in [0.05, 0.1) is 29.7 Å². The molecule has 1 N–H and O–H groups in total. The molecule has 1 aliphatic rings. The van der Waals surface area contributed by atoms with Crippen LogP contribution in [0.1, 0.15) is 10.4 Å². The number of carboxylic acid groups (broad SMARTS) is 1. The van der Waals surface area contributed by atoms with E-state index < -0.39 is 38.4 Å². The van der Waals surface area contributed by atoms with E-state index in [1.165, 1.54) is 0 Å². The third-order valence-electron chi connectivity index (χ3n) is 2.97. The lowest BCUT2D eigenvalue weighted by Crippen LogP contribution is -2.45. The number of morpholine rings is 1. The van der Waals surface area contributed by atoms with Gasteiger partial charge in [0.15, 0.2) is 6.10 Å². The number of benzene rings is 1. The van der Waals surface area contributed by atoms with Crippen molar-refractivity contribution in [1.29, 1.82) is 5.26 Å². The fourth-order valence-electron chi connectivity index (χ4n) is 1.95. The molecule has 1 heterocycles. The molecule has 0 spiro atoms. The number of nitriles is 1. The van der Waals surface area contributed by atoms with Crippen molar-refractivity contribution in [3.05, 3.63) is 29.6 Å². The van der Waals surface area contributed by atoms with E-state index in [1.54, 1.807) is 6.07 Å².